The third-order valence-electron chi connectivity index (χ3n) is 3.46. The molecular weight excluding hydrogens is 267 g/mol. The zero-order chi connectivity index (χ0) is 14.7. The Morgan fingerprint density at radius 1 is 1.50 bits per heavy atom. The van der Waals surface area contributed by atoms with E-state index in [1.807, 2.05) is 0 Å². The molecule has 0 aromatic heterocycles. The zero-order valence-electron chi connectivity index (χ0n) is 11.0. The van der Waals surface area contributed by atoms with Crippen molar-refractivity contribution >= 4 is 11.6 Å². The van der Waals surface area contributed by atoms with Gasteiger partial charge < -0.3 is 10.1 Å². The second-order valence-electron chi connectivity index (χ2n) is 4.76. The molecule has 0 aliphatic heterocycles. The first-order valence-electron chi connectivity index (χ1n) is 6.29. The average molecular weight is 282 g/mol. The number of hydrogen-bond donors (Lipinski definition) is 1. The van der Waals surface area contributed by atoms with Gasteiger partial charge >= 0.3 is 0 Å². The summed E-state index contributed by atoms with van der Waals surface area (Å²) < 4.78 is 18.8. The number of non-ortho nitro benzene ring substituents is 1. The van der Waals surface area contributed by atoms with Gasteiger partial charge in [0.15, 0.2) is 0 Å². The van der Waals surface area contributed by atoms with E-state index in [1.54, 1.807) is 7.11 Å². The van der Waals surface area contributed by atoms with Gasteiger partial charge in [-0.3, -0.25) is 14.9 Å². The summed E-state index contributed by atoms with van der Waals surface area (Å²) in [5.74, 6) is -1.40. The van der Waals surface area contributed by atoms with Crippen molar-refractivity contribution in [3.05, 3.63) is 39.7 Å². The summed E-state index contributed by atoms with van der Waals surface area (Å²) in [7, 11) is 1.61. The lowest BCUT2D eigenvalue weighted by Gasteiger charge is -2.13. The normalized spacial score (nSPS) is 21.7. The summed E-state index contributed by atoms with van der Waals surface area (Å²) in [5, 5.41) is 13.3. The minimum absolute atomic E-state index is 0.0916. The van der Waals surface area contributed by atoms with Crippen molar-refractivity contribution in [2.45, 2.75) is 31.4 Å². The fourth-order valence-electron chi connectivity index (χ4n) is 2.35. The van der Waals surface area contributed by atoms with E-state index < -0.39 is 16.6 Å². The van der Waals surface area contributed by atoms with Gasteiger partial charge in [-0.1, -0.05) is 0 Å². The number of carbonyl (C=O) groups excluding carboxylic acids is 1. The molecule has 0 spiro atoms. The van der Waals surface area contributed by atoms with Crippen LogP contribution in [0.4, 0.5) is 10.1 Å². The van der Waals surface area contributed by atoms with Gasteiger partial charge in [-0.05, 0) is 25.3 Å². The lowest BCUT2D eigenvalue weighted by atomic mass is 10.1. The van der Waals surface area contributed by atoms with Crippen LogP contribution in [0.25, 0.3) is 0 Å². The van der Waals surface area contributed by atoms with Crippen LogP contribution in [0.2, 0.25) is 0 Å². The molecule has 20 heavy (non-hydrogen) atoms. The predicted octanol–water partition coefficient (Wildman–Crippen LogP) is 2.03. The first-order chi connectivity index (χ1) is 9.51. The lowest BCUT2D eigenvalue weighted by Crippen LogP contribution is -2.34. The van der Waals surface area contributed by atoms with Crippen LogP contribution in [0, 0.1) is 15.9 Å². The number of nitrogens with one attached hydrogen (secondary N) is 1. The Morgan fingerprint density at radius 3 is 2.85 bits per heavy atom. The Bertz CT molecular complexity index is 535. The molecule has 0 bridgehead atoms. The Labute approximate surface area is 115 Å². The van der Waals surface area contributed by atoms with Gasteiger partial charge in [0.1, 0.15) is 5.82 Å². The van der Waals surface area contributed by atoms with Gasteiger partial charge in [-0.15, -0.1) is 0 Å². The number of nitro groups is 1. The highest BCUT2D eigenvalue weighted by molar-refractivity contribution is 5.95. The molecule has 1 fully saturated rings. The second kappa shape index (κ2) is 5.96. The number of ether oxygens (including phenoxy) is 1. The van der Waals surface area contributed by atoms with E-state index in [2.05, 4.69) is 5.32 Å². The molecule has 7 heteroatoms. The number of rotatable bonds is 4. The fraction of sp³-hybridized carbons (Fsp3) is 0.462. The van der Waals surface area contributed by atoms with Crippen LogP contribution < -0.4 is 5.32 Å². The van der Waals surface area contributed by atoms with E-state index in [4.69, 9.17) is 4.74 Å². The monoisotopic (exact) mass is 282 g/mol. The van der Waals surface area contributed by atoms with Crippen molar-refractivity contribution < 1.29 is 18.8 Å². The number of benzene rings is 1. The molecule has 1 saturated carbocycles. The first-order valence-corrected chi connectivity index (χ1v) is 6.29. The molecule has 1 amide bonds. The summed E-state index contributed by atoms with van der Waals surface area (Å²) >= 11 is 0. The van der Waals surface area contributed by atoms with Crippen LogP contribution in [0.5, 0.6) is 0 Å². The minimum atomic E-state index is -0.769. The van der Waals surface area contributed by atoms with Crippen molar-refractivity contribution in [3.8, 4) is 0 Å². The SMILES string of the molecule is COC1CCC(NC(=O)c2cc([N+](=O)[O-])ccc2F)C1. The number of nitro benzene ring substituents is 1. The maximum Gasteiger partial charge on any atom is 0.270 e. The van der Waals surface area contributed by atoms with E-state index in [0.717, 1.165) is 31.0 Å². The average Bonchev–Trinajstić information content (AvgIpc) is 2.86. The zero-order valence-corrected chi connectivity index (χ0v) is 11.0. The van der Waals surface area contributed by atoms with Gasteiger partial charge in [0.25, 0.3) is 11.6 Å². The van der Waals surface area contributed by atoms with Gasteiger partial charge in [-0.25, -0.2) is 4.39 Å². The molecule has 0 saturated heterocycles. The molecule has 108 valence electrons. The summed E-state index contributed by atoms with van der Waals surface area (Å²) in [6.45, 7) is 0. The number of methoxy groups -OCH3 is 1. The van der Waals surface area contributed by atoms with Gasteiger partial charge in [-0.2, -0.15) is 0 Å². The van der Waals surface area contributed by atoms with Gasteiger partial charge in [0.05, 0.1) is 16.6 Å². The van der Waals surface area contributed by atoms with E-state index in [1.165, 1.54) is 0 Å². The van der Waals surface area contributed by atoms with Crippen LogP contribution in [-0.2, 0) is 4.74 Å². The van der Waals surface area contributed by atoms with Crippen LogP contribution >= 0.6 is 0 Å². The Kier molecular flexibility index (Phi) is 4.29. The molecule has 1 aromatic carbocycles. The van der Waals surface area contributed by atoms with Gasteiger partial charge in [0, 0.05) is 25.3 Å². The summed E-state index contributed by atoms with van der Waals surface area (Å²) in [5.41, 5.74) is -0.613. The topological polar surface area (TPSA) is 81.5 Å². The number of hydrogen-bond acceptors (Lipinski definition) is 4. The molecule has 1 aliphatic carbocycles. The third-order valence-corrected chi connectivity index (χ3v) is 3.46. The molecular formula is C13H15FN2O4. The lowest BCUT2D eigenvalue weighted by molar-refractivity contribution is -0.384. The highest BCUT2D eigenvalue weighted by Gasteiger charge is 2.27. The molecule has 1 N–H and O–H groups in total. The number of amides is 1. The standard InChI is InChI=1S/C13H15FN2O4/c1-20-10-4-2-8(6-10)15-13(17)11-7-9(16(18)19)3-5-12(11)14/h3,5,7-8,10H,2,4,6H2,1H3,(H,15,17). The molecule has 0 heterocycles. The molecule has 2 atom stereocenters. The first kappa shape index (κ1) is 14.4. The van der Waals surface area contributed by atoms with Crippen LogP contribution in [0.3, 0.4) is 0 Å². The molecule has 2 rings (SSSR count). The summed E-state index contributed by atoms with van der Waals surface area (Å²) in [4.78, 5) is 22.0. The Hall–Kier alpha value is -2.02. The van der Waals surface area contributed by atoms with Crippen LogP contribution in [-0.4, -0.2) is 30.1 Å². The van der Waals surface area contributed by atoms with Gasteiger partial charge in [0.2, 0.25) is 0 Å². The second-order valence-corrected chi connectivity index (χ2v) is 4.76. The van der Waals surface area contributed by atoms with Crippen molar-refractivity contribution in [2.75, 3.05) is 7.11 Å². The molecule has 1 aliphatic rings. The largest absolute Gasteiger partial charge is 0.381 e. The molecule has 6 nitrogen and oxygen atoms in total. The van der Waals surface area contributed by atoms with Crippen LogP contribution in [0.1, 0.15) is 29.6 Å². The predicted molar refractivity (Wildman–Crippen MR) is 69.0 cm³/mol. The minimum Gasteiger partial charge on any atom is -0.381 e. The summed E-state index contributed by atoms with van der Waals surface area (Å²) in [6.07, 6.45) is 2.34. The number of nitrogens with zero attached hydrogens (tertiary/aromatic N) is 1. The maximum absolute atomic E-state index is 13.6. The van der Waals surface area contributed by atoms with Crippen LogP contribution in [0.15, 0.2) is 18.2 Å². The van der Waals surface area contributed by atoms with E-state index >= 15 is 0 Å². The summed E-state index contributed by atoms with van der Waals surface area (Å²) in [6, 6.07) is 2.82. The van der Waals surface area contributed by atoms with Crippen molar-refractivity contribution in [2.24, 2.45) is 0 Å². The molecule has 1 aromatic rings. The highest BCUT2D eigenvalue weighted by Crippen LogP contribution is 2.22. The maximum atomic E-state index is 13.6. The van der Waals surface area contributed by atoms with E-state index in [-0.39, 0.29) is 23.4 Å². The third kappa shape index (κ3) is 3.11. The highest BCUT2D eigenvalue weighted by atomic mass is 19.1. The van der Waals surface area contributed by atoms with Crippen molar-refractivity contribution in [1.29, 1.82) is 0 Å². The number of carbonyl (C=O) groups is 1. The van der Waals surface area contributed by atoms with Crippen molar-refractivity contribution in [3.63, 3.8) is 0 Å². The van der Waals surface area contributed by atoms with Crippen molar-refractivity contribution in [1.82, 2.24) is 5.32 Å². The fourth-order valence-corrected chi connectivity index (χ4v) is 2.35. The van der Waals surface area contributed by atoms with E-state index in [9.17, 15) is 19.3 Å². The number of halogens is 1. The quantitative estimate of drug-likeness (QED) is 0.676. The van der Waals surface area contributed by atoms with E-state index in [0.29, 0.717) is 6.42 Å². The molecule has 2 unspecified atom stereocenters. The Morgan fingerprint density at radius 2 is 2.25 bits per heavy atom. The Balaban J connectivity index is 2.09. The smallest absolute Gasteiger partial charge is 0.270 e. The molecule has 0 radical (unpaired) electrons.